The number of carbonyl (C=O) groups is 5. The van der Waals surface area contributed by atoms with Crippen molar-refractivity contribution in [1.82, 2.24) is 20.2 Å². The molecule has 2 fully saturated rings. The Bertz CT molecular complexity index is 1560. The molecule has 2 aliphatic heterocycles. The first-order valence-electron chi connectivity index (χ1n) is 15.7. The van der Waals surface area contributed by atoms with E-state index in [1.54, 1.807) is 24.3 Å². The molecule has 5 amide bonds. The van der Waals surface area contributed by atoms with Gasteiger partial charge in [0.2, 0.25) is 17.7 Å². The van der Waals surface area contributed by atoms with E-state index in [2.05, 4.69) is 5.32 Å². The molecular formula is C35H39N5O7. The van der Waals surface area contributed by atoms with Gasteiger partial charge >= 0.3 is 6.09 Å². The summed E-state index contributed by atoms with van der Waals surface area (Å²) in [4.78, 5) is 74.9. The van der Waals surface area contributed by atoms with E-state index in [-0.39, 0.29) is 32.2 Å². The lowest BCUT2D eigenvalue weighted by Crippen LogP contribution is -2.75. The first-order valence-corrected chi connectivity index (χ1v) is 15.7. The monoisotopic (exact) mass is 641 g/mol. The molecule has 2 heterocycles. The van der Waals surface area contributed by atoms with Gasteiger partial charge in [-0.1, -0.05) is 91.0 Å². The molecule has 4 atom stereocenters. The molecule has 2 saturated heterocycles. The number of nitrogens with zero attached hydrogens (tertiary/aromatic N) is 3. The molecule has 1 unspecified atom stereocenters. The van der Waals surface area contributed by atoms with Gasteiger partial charge in [-0.15, -0.1) is 0 Å². The highest BCUT2D eigenvalue weighted by Crippen LogP contribution is 2.32. The zero-order valence-corrected chi connectivity index (χ0v) is 25.9. The highest BCUT2D eigenvalue weighted by atomic mass is 16.7. The lowest BCUT2D eigenvalue weighted by atomic mass is 9.96. The Kier molecular flexibility index (Phi) is 10.8. The van der Waals surface area contributed by atoms with Gasteiger partial charge in [-0.05, 0) is 36.0 Å². The van der Waals surface area contributed by atoms with Crippen LogP contribution in [0.15, 0.2) is 91.0 Å². The predicted molar refractivity (Wildman–Crippen MR) is 171 cm³/mol. The zero-order chi connectivity index (χ0) is 33.3. The van der Waals surface area contributed by atoms with Crippen LogP contribution in [0.25, 0.3) is 0 Å². The topological polar surface area (TPSA) is 163 Å². The minimum Gasteiger partial charge on any atom is -0.463 e. The van der Waals surface area contributed by atoms with E-state index in [0.29, 0.717) is 18.0 Å². The standard InChI is InChI=1S/C35H39N5O7/c36-30(41)19-18-27-33(43)38(23-31-39(27)34(44)29(47-40(31)35(45)46)22-26-15-8-3-9-16-26)28(21-25-13-6-2-7-14-25)32(42)37-20-10-17-24-11-4-1-5-12-24/h1-9,11-16,27-29,31H,10,17-23H2,(H2,36,41)(H,37,42)(H,45,46)/t27-,28-,29+,31?/m0/s1. The number of aryl methyl sites for hydroxylation is 1. The van der Waals surface area contributed by atoms with E-state index in [9.17, 15) is 29.1 Å². The van der Waals surface area contributed by atoms with Gasteiger partial charge < -0.3 is 26.0 Å². The molecule has 0 radical (unpaired) electrons. The summed E-state index contributed by atoms with van der Waals surface area (Å²) in [7, 11) is 0. The summed E-state index contributed by atoms with van der Waals surface area (Å²) in [5.41, 5.74) is 8.11. The number of amides is 5. The number of piperazine rings is 1. The van der Waals surface area contributed by atoms with Crippen molar-refractivity contribution in [3.8, 4) is 0 Å². The van der Waals surface area contributed by atoms with Crippen LogP contribution < -0.4 is 11.1 Å². The number of carboxylic acid groups (broad SMARTS) is 1. The largest absolute Gasteiger partial charge is 0.463 e. The Labute approximate surface area is 273 Å². The normalized spacial score (nSPS) is 20.0. The van der Waals surface area contributed by atoms with Crippen LogP contribution >= 0.6 is 0 Å². The van der Waals surface area contributed by atoms with Crippen LogP contribution in [0.4, 0.5) is 4.79 Å². The maximum atomic E-state index is 14.3. The third-order valence-electron chi connectivity index (χ3n) is 8.48. The molecular weight excluding hydrogens is 602 g/mol. The van der Waals surface area contributed by atoms with Gasteiger partial charge in [-0.3, -0.25) is 24.0 Å². The van der Waals surface area contributed by atoms with Crippen molar-refractivity contribution < 1.29 is 33.9 Å². The van der Waals surface area contributed by atoms with Gasteiger partial charge in [0.05, 0.1) is 6.54 Å². The molecule has 3 aromatic rings. The summed E-state index contributed by atoms with van der Waals surface area (Å²) in [6.07, 6.45) is -2.70. The highest BCUT2D eigenvalue weighted by Gasteiger charge is 2.54. The lowest BCUT2D eigenvalue weighted by Gasteiger charge is -2.53. The number of nitrogens with two attached hydrogens (primary N) is 1. The van der Waals surface area contributed by atoms with E-state index >= 15 is 0 Å². The van der Waals surface area contributed by atoms with E-state index in [4.69, 9.17) is 10.6 Å². The number of hydrogen-bond acceptors (Lipinski definition) is 6. The molecule has 5 rings (SSSR count). The van der Waals surface area contributed by atoms with E-state index in [1.165, 1.54) is 9.80 Å². The van der Waals surface area contributed by atoms with Crippen LogP contribution in [-0.4, -0.2) is 87.1 Å². The minimum atomic E-state index is -1.46. The maximum Gasteiger partial charge on any atom is 0.433 e. The second-order valence-electron chi connectivity index (χ2n) is 11.7. The Hall–Kier alpha value is -5.23. The van der Waals surface area contributed by atoms with Crippen LogP contribution in [-0.2, 0) is 43.3 Å². The Morgan fingerprint density at radius 2 is 1.47 bits per heavy atom. The summed E-state index contributed by atoms with van der Waals surface area (Å²) < 4.78 is 0. The Balaban J connectivity index is 1.43. The zero-order valence-electron chi connectivity index (χ0n) is 25.9. The maximum absolute atomic E-state index is 14.3. The summed E-state index contributed by atoms with van der Waals surface area (Å²) in [6, 6.07) is 25.7. The van der Waals surface area contributed by atoms with Gasteiger partial charge in [-0.2, -0.15) is 5.06 Å². The fourth-order valence-corrected chi connectivity index (χ4v) is 6.17. The third kappa shape index (κ3) is 8.14. The number of hydrogen-bond donors (Lipinski definition) is 3. The van der Waals surface area contributed by atoms with E-state index in [0.717, 1.165) is 23.1 Å². The fourth-order valence-electron chi connectivity index (χ4n) is 6.17. The van der Waals surface area contributed by atoms with Crippen molar-refractivity contribution in [1.29, 1.82) is 0 Å². The van der Waals surface area contributed by atoms with E-state index in [1.807, 2.05) is 66.7 Å². The smallest absolute Gasteiger partial charge is 0.433 e. The van der Waals surface area contributed by atoms with Crippen LogP contribution in [0.5, 0.6) is 0 Å². The second kappa shape index (κ2) is 15.4. The van der Waals surface area contributed by atoms with Gasteiger partial charge in [0.1, 0.15) is 12.1 Å². The first-order chi connectivity index (χ1) is 22.7. The van der Waals surface area contributed by atoms with Crippen molar-refractivity contribution in [2.24, 2.45) is 5.73 Å². The van der Waals surface area contributed by atoms with Gasteiger partial charge in [0.15, 0.2) is 12.3 Å². The summed E-state index contributed by atoms with van der Waals surface area (Å²) >= 11 is 0. The molecule has 3 aromatic carbocycles. The van der Waals surface area contributed by atoms with Gasteiger partial charge in [0, 0.05) is 25.8 Å². The quantitative estimate of drug-likeness (QED) is 0.242. The number of benzene rings is 3. The van der Waals surface area contributed by atoms with Crippen molar-refractivity contribution in [2.45, 2.75) is 62.9 Å². The van der Waals surface area contributed by atoms with Crippen molar-refractivity contribution in [3.05, 3.63) is 108 Å². The fraction of sp³-hybridized carbons (Fsp3) is 0.343. The number of rotatable bonds is 13. The summed E-state index contributed by atoms with van der Waals surface area (Å²) in [5, 5.41) is 13.9. The molecule has 0 aliphatic carbocycles. The lowest BCUT2D eigenvalue weighted by molar-refractivity contribution is -0.265. The van der Waals surface area contributed by atoms with Crippen LogP contribution in [0.2, 0.25) is 0 Å². The highest BCUT2D eigenvalue weighted by molar-refractivity contribution is 5.95. The van der Waals surface area contributed by atoms with Crippen LogP contribution in [0.1, 0.15) is 36.0 Å². The summed E-state index contributed by atoms with van der Waals surface area (Å²) in [5.74, 6) is -2.24. The molecule has 4 N–H and O–H groups in total. The first kappa shape index (κ1) is 33.1. The Morgan fingerprint density at radius 1 is 0.872 bits per heavy atom. The van der Waals surface area contributed by atoms with Crippen molar-refractivity contribution >= 4 is 29.7 Å². The van der Waals surface area contributed by atoms with Crippen LogP contribution in [0, 0.1) is 0 Å². The van der Waals surface area contributed by atoms with Gasteiger partial charge in [-0.25, -0.2) is 4.79 Å². The third-order valence-corrected chi connectivity index (χ3v) is 8.48. The average molecular weight is 642 g/mol. The minimum absolute atomic E-state index is 0.0646. The number of nitrogens with one attached hydrogen (secondary N) is 1. The Morgan fingerprint density at radius 3 is 2.06 bits per heavy atom. The molecule has 2 aliphatic rings. The predicted octanol–water partition coefficient (Wildman–Crippen LogP) is 2.51. The second-order valence-corrected chi connectivity index (χ2v) is 11.7. The SMILES string of the molecule is NC(=O)CC[C@H]1C(=O)N([C@@H](Cc2ccccc2)C(=O)NCCCc2ccccc2)CC2N(C(=O)O)O[C@H](Cc3ccccc3)C(=O)N21. The number of primary amides is 1. The molecule has 0 aromatic heterocycles. The molecule has 47 heavy (non-hydrogen) atoms. The van der Waals surface area contributed by atoms with Gasteiger partial charge in [0.25, 0.3) is 5.91 Å². The summed E-state index contributed by atoms with van der Waals surface area (Å²) in [6.45, 7) is 0.0443. The molecule has 0 saturated carbocycles. The number of carbonyl (C=O) groups excluding carboxylic acids is 4. The number of fused-ring (bicyclic) bond motifs is 1. The molecule has 12 heteroatoms. The molecule has 0 spiro atoms. The molecule has 246 valence electrons. The van der Waals surface area contributed by atoms with Crippen molar-refractivity contribution in [2.75, 3.05) is 13.1 Å². The number of hydroxylamine groups is 2. The van der Waals surface area contributed by atoms with Crippen molar-refractivity contribution in [3.63, 3.8) is 0 Å². The molecule has 0 bridgehead atoms. The van der Waals surface area contributed by atoms with E-state index < -0.39 is 54.1 Å². The molecule has 12 nitrogen and oxygen atoms in total. The van der Waals surface area contributed by atoms with Crippen LogP contribution in [0.3, 0.4) is 0 Å². The average Bonchev–Trinajstić information content (AvgIpc) is 3.07.